The summed E-state index contributed by atoms with van der Waals surface area (Å²) in [4.78, 5) is 0. The number of hydrogen-bond donors (Lipinski definition) is 0. The van der Waals surface area contributed by atoms with Crippen LogP contribution < -0.4 is 0 Å². The van der Waals surface area contributed by atoms with E-state index in [1.54, 1.807) is 0 Å². The van der Waals surface area contributed by atoms with Gasteiger partial charge in [-0.1, -0.05) is 164 Å². The Morgan fingerprint density at radius 3 is 1.24 bits per heavy atom. The molecule has 0 N–H and O–H groups in total. The Labute approximate surface area is 268 Å². The summed E-state index contributed by atoms with van der Waals surface area (Å²) in [5.74, 6) is 0. The van der Waals surface area contributed by atoms with Crippen LogP contribution >= 0.6 is 0 Å². The fourth-order valence-electron chi connectivity index (χ4n) is 7.26. The summed E-state index contributed by atoms with van der Waals surface area (Å²) in [6, 6.07) is 66.6. The molecule has 9 rings (SSSR count). The molecule has 0 aliphatic rings. The summed E-state index contributed by atoms with van der Waals surface area (Å²) < 4.78 is 0. The average Bonchev–Trinajstić information content (AvgIpc) is 3.13. The van der Waals surface area contributed by atoms with Crippen LogP contribution in [0.4, 0.5) is 0 Å². The van der Waals surface area contributed by atoms with E-state index in [0.717, 1.165) is 0 Å². The zero-order valence-electron chi connectivity index (χ0n) is 25.3. The molecule has 0 atom stereocenters. The van der Waals surface area contributed by atoms with Gasteiger partial charge < -0.3 is 0 Å². The second-order valence-corrected chi connectivity index (χ2v) is 12.1. The Kier molecular flexibility index (Phi) is 6.25. The molecule has 0 saturated heterocycles. The maximum Gasteiger partial charge on any atom is -0.00988 e. The molecule has 0 spiro atoms. The second kappa shape index (κ2) is 10.9. The molecular weight excluding hydrogens is 553 g/mol. The molecule has 0 amide bonds. The molecule has 0 unspecified atom stereocenters. The maximum absolute atomic E-state index is 2.39. The lowest BCUT2D eigenvalue weighted by molar-refractivity contribution is 1.61. The summed E-state index contributed by atoms with van der Waals surface area (Å²) in [5.41, 5.74) is 10.0. The first-order valence-electron chi connectivity index (χ1n) is 15.9. The van der Waals surface area contributed by atoms with Gasteiger partial charge >= 0.3 is 0 Å². The predicted molar refractivity (Wildman–Crippen MR) is 198 cm³/mol. The van der Waals surface area contributed by atoms with Crippen molar-refractivity contribution in [2.45, 2.75) is 0 Å². The van der Waals surface area contributed by atoms with Crippen molar-refractivity contribution in [3.05, 3.63) is 182 Å². The van der Waals surface area contributed by atoms with Gasteiger partial charge in [0, 0.05) is 0 Å². The third kappa shape index (κ3) is 4.38. The molecular formula is C46H30. The normalized spacial score (nSPS) is 11.5. The number of fused-ring (bicyclic) bond motifs is 4. The first kappa shape index (κ1) is 26.4. The maximum atomic E-state index is 2.39. The van der Waals surface area contributed by atoms with E-state index >= 15 is 0 Å². The van der Waals surface area contributed by atoms with Crippen molar-refractivity contribution in [2.75, 3.05) is 0 Å². The number of rotatable bonds is 4. The first-order valence-corrected chi connectivity index (χ1v) is 15.9. The standard InChI is InChI=1S/C46H30/c1-2-14-33-28-36(27-26-31(33)12-1)38-19-5-6-20-39(38)43-24-10-16-34-30-46-35(29-45(34)43)17-11-25-44(46)42-22-8-7-21-41(42)40-23-9-15-32-13-3-4-18-37(32)40/h1-30H. The Morgan fingerprint density at radius 1 is 0.196 bits per heavy atom. The Bertz CT molecular complexity index is 2580. The largest absolute Gasteiger partial charge is 0.0616 e. The van der Waals surface area contributed by atoms with Crippen LogP contribution in [0.5, 0.6) is 0 Å². The van der Waals surface area contributed by atoms with Crippen molar-refractivity contribution < 1.29 is 0 Å². The van der Waals surface area contributed by atoms with Crippen LogP contribution in [0, 0.1) is 0 Å². The van der Waals surface area contributed by atoms with Gasteiger partial charge in [0.1, 0.15) is 0 Å². The highest BCUT2D eigenvalue weighted by molar-refractivity contribution is 6.12. The summed E-state index contributed by atoms with van der Waals surface area (Å²) in [5, 5.41) is 10.1. The van der Waals surface area contributed by atoms with Crippen LogP contribution in [0.15, 0.2) is 182 Å². The summed E-state index contributed by atoms with van der Waals surface area (Å²) >= 11 is 0. The molecule has 0 radical (unpaired) electrons. The highest BCUT2D eigenvalue weighted by Crippen LogP contribution is 2.42. The van der Waals surface area contributed by atoms with Crippen LogP contribution in [-0.4, -0.2) is 0 Å². The zero-order chi connectivity index (χ0) is 30.5. The van der Waals surface area contributed by atoms with Gasteiger partial charge in [0.05, 0.1) is 0 Å². The van der Waals surface area contributed by atoms with Crippen LogP contribution in [0.3, 0.4) is 0 Å². The van der Waals surface area contributed by atoms with Gasteiger partial charge in [0.25, 0.3) is 0 Å². The van der Waals surface area contributed by atoms with Gasteiger partial charge in [0.15, 0.2) is 0 Å². The number of benzene rings is 9. The minimum atomic E-state index is 1.24. The van der Waals surface area contributed by atoms with Gasteiger partial charge in [-0.05, 0) is 106 Å². The van der Waals surface area contributed by atoms with Gasteiger partial charge in [-0.2, -0.15) is 0 Å². The van der Waals surface area contributed by atoms with E-state index in [2.05, 4.69) is 182 Å². The molecule has 214 valence electrons. The van der Waals surface area contributed by atoms with E-state index in [4.69, 9.17) is 0 Å². The lowest BCUT2D eigenvalue weighted by Crippen LogP contribution is -1.90. The van der Waals surface area contributed by atoms with E-state index in [0.29, 0.717) is 0 Å². The molecule has 0 saturated carbocycles. The molecule has 9 aromatic rings. The van der Waals surface area contributed by atoms with Gasteiger partial charge in [-0.3, -0.25) is 0 Å². The minimum Gasteiger partial charge on any atom is -0.0616 e. The lowest BCUT2D eigenvalue weighted by Gasteiger charge is -2.17. The van der Waals surface area contributed by atoms with Crippen molar-refractivity contribution in [1.82, 2.24) is 0 Å². The van der Waals surface area contributed by atoms with E-state index in [1.165, 1.54) is 87.6 Å². The van der Waals surface area contributed by atoms with Crippen molar-refractivity contribution in [3.8, 4) is 44.5 Å². The molecule has 0 heterocycles. The predicted octanol–water partition coefficient (Wildman–Crippen LogP) is 13.0. The van der Waals surface area contributed by atoms with Crippen LogP contribution in [0.1, 0.15) is 0 Å². The molecule has 0 aromatic heterocycles. The molecule has 0 bridgehead atoms. The molecule has 9 aromatic carbocycles. The SMILES string of the molecule is c1ccc(-c2cccc3cc4c(-c5ccccc5-c5cccc6ccccc56)cccc4cc23)c(-c2ccc3ccccc3c2)c1. The Morgan fingerprint density at radius 2 is 0.609 bits per heavy atom. The quantitative estimate of drug-likeness (QED) is 0.181. The summed E-state index contributed by atoms with van der Waals surface area (Å²) in [6.07, 6.45) is 0. The minimum absolute atomic E-state index is 1.24. The van der Waals surface area contributed by atoms with Crippen molar-refractivity contribution in [2.24, 2.45) is 0 Å². The molecule has 0 fully saturated rings. The summed E-state index contributed by atoms with van der Waals surface area (Å²) in [6.45, 7) is 0. The molecule has 46 heavy (non-hydrogen) atoms. The molecule has 0 heteroatoms. The Hall–Kier alpha value is -5.98. The van der Waals surface area contributed by atoms with Gasteiger partial charge in [-0.25, -0.2) is 0 Å². The fourth-order valence-corrected chi connectivity index (χ4v) is 7.26. The Balaban J connectivity index is 1.23. The van der Waals surface area contributed by atoms with E-state index < -0.39 is 0 Å². The molecule has 0 nitrogen and oxygen atoms in total. The van der Waals surface area contributed by atoms with E-state index in [1.807, 2.05) is 0 Å². The van der Waals surface area contributed by atoms with Gasteiger partial charge in [0.2, 0.25) is 0 Å². The highest BCUT2D eigenvalue weighted by Gasteiger charge is 2.15. The van der Waals surface area contributed by atoms with Crippen LogP contribution in [-0.2, 0) is 0 Å². The fraction of sp³-hybridized carbons (Fsp3) is 0. The van der Waals surface area contributed by atoms with E-state index in [-0.39, 0.29) is 0 Å². The second-order valence-electron chi connectivity index (χ2n) is 12.1. The smallest absolute Gasteiger partial charge is 0.00988 e. The van der Waals surface area contributed by atoms with E-state index in [9.17, 15) is 0 Å². The van der Waals surface area contributed by atoms with Crippen LogP contribution in [0.2, 0.25) is 0 Å². The topological polar surface area (TPSA) is 0 Å². The number of hydrogen-bond acceptors (Lipinski definition) is 0. The van der Waals surface area contributed by atoms with Crippen molar-refractivity contribution in [1.29, 1.82) is 0 Å². The van der Waals surface area contributed by atoms with Crippen LogP contribution in [0.25, 0.3) is 87.6 Å². The average molecular weight is 583 g/mol. The monoisotopic (exact) mass is 582 g/mol. The first-order chi connectivity index (χ1) is 22.8. The van der Waals surface area contributed by atoms with Gasteiger partial charge in [-0.15, -0.1) is 0 Å². The third-order valence-corrected chi connectivity index (χ3v) is 9.45. The third-order valence-electron chi connectivity index (χ3n) is 9.45. The zero-order valence-corrected chi connectivity index (χ0v) is 25.3. The van der Waals surface area contributed by atoms with Crippen molar-refractivity contribution in [3.63, 3.8) is 0 Å². The molecule has 0 aliphatic heterocycles. The highest BCUT2D eigenvalue weighted by atomic mass is 14.2. The summed E-state index contributed by atoms with van der Waals surface area (Å²) in [7, 11) is 0. The van der Waals surface area contributed by atoms with Crippen molar-refractivity contribution >= 4 is 43.1 Å². The lowest BCUT2D eigenvalue weighted by atomic mass is 9.87. The molecule has 0 aliphatic carbocycles.